The Morgan fingerprint density at radius 2 is 1.90 bits per heavy atom. The first kappa shape index (κ1) is 24.2. The average Bonchev–Trinajstić information content (AvgIpc) is 2.68. The van der Waals surface area contributed by atoms with Crippen LogP contribution < -0.4 is 16.0 Å². The van der Waals surface area contributed by atoms with Gasteiger partial charge in [0.25, 0.3) is 0 Å². The Bertz CT molecular complexity index is 891. The van der Waals surface area contributed by atoms with Gasteiger partial charge in [-0.05, 0) is 38.9 Å². The van der Waals surface area contributed by atoms with Gasteiger partial charge in [-0.25, -0.2) is 22.8 Å². The number of nitrogens with zero attached hydrogens (tertiary/aromatic N) is 1. The number of carbonyl (C=O) groups excluding carboxylic acids is 3. The van der Waals surface area contributed by atoms with Crippen molar-refractivity contribution in [3.63, 3.8) is 0 Å². The molecule has 1 aromatic carbocycles. The normalized spacial score (nSPS) is 16.1. The van der Waals surface area contributed by atoms with E-state index in [9.17, 15) is 27.6 Å². The summed E-state index contributed by atoms with van der Waals surface area (Å²) < 4.78 is 45.3. The number of halogens is 3. The Morgan fingerprint density at radius 1 is 1.19 bits per heavy atom. The number of carbonyl (C=O) groups is 3. The Morgan fingerprint density at radius 3 is 2.55 bits per heavy atom. The molecule has 11 heteroatoms. The third-order valence-electron chi connectivity index (χ3n) is 4.46. The third kappa shape index (κ3) is 6.20. The molecule has 1 aliphatic rings. The second kappa shape index (κ2) is 10.8. The number of urea groups is 1. The van der Waals surface area contributed by atoms with E-state index in [0.29, 0.717) is 19.0 Å². The SMILES string of the molecule is CCCN(CC(=O)Nc1ccc(F)c(F)c1F)CC1=C(C(=O)OCC)C(C)NC(=O)N1. The molecule has 0 saturated carbocycles. The standard InChI is InChI=1S/C20H25F3N4O4/c1-4-8-27(10-15(28)25-13-7-6-12(21)17(22)18(13)23)9-14-16(19(29)31-5-2)11(3)24-20(30)26-14/h6-7,11H,4-5,8-10H2,1-3H3,(H,25,28)(H2,24,26,30). The summed E-state index contributed by atoms with van der Waals surface area (Å²) in [7, 11) is 0. The maximum Gasteiger partial charge on any atom is 0.337 e. The van der Waals surface area contributed by atoms with Gasteiger partial charge in [-0.2, -0.15) is 0 Å². The van der Waals surface area contributed by atoms with Crippen LogP contribution in [0.5, 0.6) is 0 Å². The smallest absolute Gasteiger partial charge is 0.337 e. The molecule has 0 radical (unpaired) electrons. The van der Waals surface area contributed by atoms with E-state index in [0.717, 1.165) is 6.07 Å². The Labute approximate surface area is 177 Å². The minimum Gasteiger partial charge on any atom is -0.463 e. The van der Waals surface area contributed by atoms with Gasteiger partial charge in [0.1, 0.15) is 0 Å². The molecule has 0 fully saturated rings. The average molecular weight is 442 g/mol. The van der Waals surface area contributed by atoms with Crippen LogP contribution in [0, 0.1) is 17.5 Å². The highest BCUT2D eigenvalue weighted by Crippen LogP contribution is 2.20. The van der Waals surface area contributed by atoms with E-state index in [2.05, 4.69) is 16.0 Å². The highest BCUT2D eigenvalue weighted by molar-refractivity contribution is 5.95. The molecule has 0 saturated heterocycles. The van der Waals surface area contributed by atoms with Gasteiger partial charge in [-0.15, -0.1) is 0 Å². The molecule has 1 aliphatic heterocycles. The topological polar surface area (TPSA) is 99.8 Å². The molecular weight excluding hydrogens is 417 g/mol. The molecular formula is C20H25F3N4O4. The number of esters is 1. The van der Waals surface area contributed by atoms with E-state index in [1.165, 1.54) is 0 Å². The first-order valence-electron chi connectivity index (χ1n) is 9.81. The number of benzene rings is 1. The van der Waals surface area contributed by atoms with Crippen LogP contribution >= 0.6 is 0 Å². The predicted molar refractivity (Wildman–Crippen MR) is 106 cm³/mol. The van der Waals surface area contributed by atoms with Gasteiger partial charge in [-0.1, -0.05) is 6.92 Å². The van der Waals surface area contributed by atoms with Crippen molar-refractivity contribution >= 4 is 23.6 Å². The van der Waals surface area contributed by atoms with Gasteiger partial charge >= 0.3 is 12.0 Å². The zero-order chi connectivity index (χ0) is 23.1. The van der Waals surface area contributed by atoms with Crippen LogP contribution in [-0.4, -0.2) is 55.1 Å². The monoisotopic (exact) mass is 442 g/mol. The maximum atomic E-state index is 13.8. The van der Waals surface area contributed by atoms with Crippen LogP contribution in [-0.2, 0) is 14.3 Å². The first-order chi connectivity index (χ1) is 14.7. The lowest BCUT2D eigenvalue weighted by Crippen LogP contribution is -2.51. The van der Waals surface area contributed by atoms with Gasteiger partial charge in [0, 0.05) is 12.2 Å². The number of rotatable bonds is 9. The molecule has 8 nitrogen and oxygen atoms in total. The number of nitrogens with one attached hydrogen (secondary N) is 3. The van der Waals surface area contributed by atoms with Gasteiger partial charge in [0.2, 0.25) is 5.91 Å². The molecule has 1 heterocycles. The number of hydrogen-bond donors (Lipinski definition) is 3. The lowest BCUT2D eigenvalue weighted by atomic mass is 10.0. The Kier molecular flexibility index (Phi) is 8.43. The highest BCUT2D eigenvalue weighted by atomic mass is 19.2. The molecule has 0 aliphatic carbocycles. The minimum absolute atomic E-state index is 0.0351. The Hall–Kier alpha value is -3.08. The van der Waals surface area contributed by atoms with Crippen LogP contribution in [0.15, 0.2) is 23.4 Å². The van der Waals surface area contributed by atoms with E-state index < -0.39 is 47.1 Å². The summed E-state index contributed by atoms with van der Waals surface area (Å²) in [5.74, 6) is -5.81. The van der Waals surface area contributed by atoms with Crippen LogP contribution in [0.3, 0.4) is 0 Å². The first-order valence-corrected chi connectivity index (χ1v) is 9.81. The van der Waals surface area contributed by atoms with E-state index in [1.54, 1.807) is 18.7 Å². The fraction of sp³-hybridized carbons (Fsp3) is 0.450. The summed E-state index contributed by atoms with van der Waals surface area (Å²) in [6.45, 7) is 5.50. The van der Waals surface area contributed by atoms with Crippen LogP contribution in [0.1, 0.15) is 27.2 Å². The van der Waals surface area contributed by atoms with Crippen molar-refractivity contribution in [1.29, 1.82) is 0 Å². The van der Waals surface area contributed by atoms with Crippen LogP contribution in [0.2, 0.25) is 0 Å². The van der Waals surface area contributed by atoms with Crippen molar-refractivity contribution in [2.24, 2.45) is 0 Å². The summed E-state index contributed by atoms with van der Waals surface area (Å²) in [5.41, 5.74) is 0.0279. The third-order valence-corrected chi connectivity index (χ3v) is 4.46. The van der Waals surface area contributed by atoms with Crippen molar-refractivity contribution in [3.8, 4) is 0 Å². The molecule has 3 N–H and O–H groups in total. The summed E-state index contributed by atoms with van der Waals surface area (Å²) in [5, 5.41) is 7.36. The lowest BCUT2D eigenvalue weighted by Gasteiger charge is -2.30. The number of ether oxygens (including phenoxy) is 1. The van der Waals surface area contributed by atoms with Crippen molar-refractivity contribution in [1.82, 2.24) is 15.5 Å². The number of anilines is 1. The second-order valence-electron chi connectivity index (χ2n) is 6.91. The van der Waals surface area contributed by atoms with Crippen molar-refractivity contribution < 1.29 is 32.3 Å². The molecule has 31 heavy (non-hydrogen) atoms. The van der Waals surface area contributed by atoms with Crippen LogP contribution in [0.25, 0.3) is 0 Å². The van der Waals surface area contributed by atoms with Gasteiger partial charge in [-0.3, -0.25) is 9.69 Å². The maximum absolute atomic E-state index is 13.8. The van der Waals surface area contributed by atoms with Crippen molar-refractivity contribution in [2.45, 2.75) is 33.2 Å². The van der Waals surface area contributed by atoms with Gasteiger partial charge < -0.3 is 20.7 Å². The van der Waals surface area contributed by atoms with E-state index in [4.69, 9.17) is 4.74 Å². The largest absolute Gasteiger partial charge is 0.463 e. The summed E-state index contributed by atoms with van der Waals surface area (Å²) in [4.78, 5) is 38.3. The predicted octanol–water partition coefficient (Wildman–Crippen LogP) is 2.27. The summed E-state index contributed by atoms with van der Waals surface area (Å²) in [6, 6.07) is 0.531. The van der Waals surface area contributed by atoms with E-state index in [-0.39, 0.29) is 31.0 Å². The zero-order valence-electron chi connectivity index (χ0n) is 17.5. The minimum atomic E-state index is -1.68. The van der Waals surface area contributed by atoms with Crippen LogP contribution in [0.4, 0.5) is 23.7 Å². The van der Waals surface area contributed by atoms with Crippen molar-refractivity contribution in [3.05, 3.63) is 40.9 Å². The van der Waals surface area contributed by atoms with Gasteiger partial charge in [0.15, 0.2) is 17.5 Å². The fourth-order valence-electron chi connectivity index (χ4n) is 3.17. The molecule has 1 atom stereocenters. The second-order valence-corrected chi connectivity index (χ2v) is 6.91. The molecule has 3 amide bonds. The van der Waals surface area contributed by atoms with Gasteiger partial charge in [0.05, 0.1) is 30.5 Å². The molecule has 1 aromatic rings. The highest BCUT2D eigenvalue weighted by Gasteiger charge is 2.30. The molecule has 170 valence electrons. The van der Waals surface area contributed by atoms with Crippen molar-refractivity contribution in [2.75, 3.05) is 31.6 Å². The molecule has 2 rings (SSSR count). The molecule has 0 aromatic heterocycles. The molecule has 0 spiro atoms. The van der Waals surface area contributed by atoms with E-state index in [1.807, 2.05) is 6.92 Å². The van der Waals surface area contributed by atoms with E-state index >= 15 is 0 Å². The zero-order valence-corrected chi connectivity index (χ0v) is 17.5. The lowest BCUT2D eigenvalue weighted by molar-refractivity contribution is -0.139. The fourth-order valence-corrected chi connectivity index (χ4v) is 3.17. The Balaban J connectivity index is 2.19. The number of amides is 3. The molecule has 1 unspecified atom stereocenters. The summed E-state index contributed by atoms with van der Waals surface area (Å²) >= 11 is 0. The quantitative estimate of drug-likeness (QED) is 0.403. The summed E-state index contributed by atoms with van der Waals surface area (Å²) in [6.07, 6.45) is 0.636. The molecule has 0 bridgehead atoms. The number of hydrogen-bond acceptors (Lipinski definition) is 5.